The molecular formula is C24H33N3O3. The predicted molar refractivity (Wildman–Crippen MR) is 122 cm³/mol. The highest BCUT2D eigenvalue weighted by molar-refractivity contribution is 5.93. The van der Waals surface area contributed by atoms with Crippen molar-refractivity contribution in [3.05, 3.63) is 54.1 Å². The van der Waals surface area contributed by atoms with Crippen LogP contribution in [0.3, 0.4) is 0 Å². The Morgan fingerprint density at radius 1 is 0.967 bits per heavy atom. The minimum Gasteiger partial charge on any atom is -0.494 e. The van der Waals surface area contributed by atoms with Crippen molar-refractivity contribution in [2.75, 3.05) is 37.9 Å². The van der Waals surface area contributed by atoms with E-state index in [4.69, 9.17) is 4.74 Å². The van der Waals surface area contributed by atoms with Crippen molar-refractivity contribution in [2.24, 2.45) is 5.92 Å². The third-order valence-electron chi connectivity index (χ3n) is 4.64. The molecule has 6 nitrogen and oxygen atoms in total. The van der Waals surface area contributed by atoms with Crippen LogP contribution in [0, 0.1) is 5.92 Å². The van der Waals surface area contributed by atoms with E-state index in [-0.39, 0.29) is 18.4 Å². The van der Waals surface area contributed by atoms with Crippen molar-refractivity contribution >= 4 is 23.2 Å². The first-order valence-corrected chi connectivity index (χ1v) is 10.4. The minimum atomic E-state index is -0.121. The summed E-state index contributed by atoms with van der Waals surface area (Å²) in [4.78, 5) is 25.4. The molecule has 0 aliphatic heterocycles. The lowest BCUT2D eigenvalue weighted by atomic mass is 10.1. The molecule has 0 saturated heterocycles. The molecule has 0 saturated carbocycles. The van der Waals surface area contributed by atoms with E-state index < -0.39 is 0 Å². The number of benzene rings is 2. The summed E-state index contributed by atoms with van der Waals surface area (Å²) in [5.74, 6) is 1.41. The zero-order chi connectivity index (χ0) is 21.9. The quantitative estimate of drug-likeness (QED) is 0.582. The second-order valence-electron chi connectivity index (χ2n) is 7.94. The third-order valence-corrected chi connectivity index (χ3v) is 4.64. The van der Waals surface area contributed by atoms with E-state index in [1.807, 2.05) is 48.5 Å². The molecule has 0 aliphatic rings. The van der Waals surface area contributed by atoms with E-state index in [0.717, 1.165) is 29.1 Å². The Kier molecular flexibility index (Phi) is 9.19. The van der Waals surface area contributed by atoms with E-state index in [2.05, 4.69) is 24.5 Å². The van der Waals surface area contributed by atoms with Gasteiger partial charge in [0.1, 0.15) is 5.75 Å². The number of hydrogen-bond acceptors (Lipinski definition) is 4. The molecular weight excluding hydrogens is 378 g/mol. The van der Waals surface area contributed by atoms with Crippen LogP contribution >= 0.6 is 0 Å². The fourth-order valence-electron chi connectivity index (χ4n) is 2.70. The highest BCUT2D eigenvalue weighted by Gasteiger charge is 2.06. The van der Waals surface area contributed by atoms with Crippen molar-refractivity contribution in [3.63, 3.8) is 0 Å². The van der Waals surface area contributed by atoms with Gasteiger partial charge < -0.3 is 20.3 Å². The molecule has 2 amide bonds. The summed E-state index contributed by atoms with van der Waals surface area (Å²) in [6, 6.07) is 15.2. The molecule has 0 aromatic heterocycles. The van der Waals surface area contributed by atoms with E-state index in [9.17, 15) is 9.59 Å². The fraction of sp³-hybridized carbons (Fsp3) is 0.417. The van der Waals surface area contributed by atoms with Crippen LogP contribution < -0.4 is 15.4 Å². The van der Waals surface area contributed by atoms with Gasteiger partial charge in [-0.2, -0.15) is 0 Å². The summed E-state index contributed by atoms with van der Waals surface area (Å²) >= 11 is 0. The maximum absolute atomic E-state index is 12.2. The average molecular weight is 412 g/mol. The normalized spacial score (nSPS) is 10.6. The molecule has 0 atom stereocenters. The van der Waals surface area contributed by atoms with Crippen LogP contribution in [0.5, 0.6) is 5.75 Å². The standard InChI is InChI=1S/C24H33N3O3/c1-18(2)15-16-30-22-12-10-21(11-13-22)26-23(28)17-25-20-8-5-19(6-9-20)7-14-24(29)27(3)4/h5-6,8-13,18,25H,7,14-17H2,1-4H3,(H,26,28). The SMILES string of the molecule is CC(C)CCOc1ccc(NC(=O)CNc2ccc(CCC(=O)N(C)C)cc2)cc1. The molecule has 0 spiro atoms. The van der Waals surface area contributed by atoms with Gasteiger partial charge in [-0.3, -0.25) is 9.59 Å². The molecule has 0 bridgehead atoms. The summed E-state index contributed by atoms with van der Waals surface area (Å²) < 4.78 is 5.69. The summed E-state index contributed by atoms with van der Waals surface area (Å²) in [5, 5.41) is 5.98. The number of nitrogens with zero attached hydrogens (tertiary/aromatic N) is 1. The van der Waals surface area contributed by atoms with Gasteiger partial charge in [-0.1, -0.05) is 26.0 Å². The van der Waals surface area contributed by atoms with Crippen molar-refractivity contribution in [1.29, 1.82) is 0 Å². The van der Waals surface area contributed by atoms with Gasteiger partial charge in [0, 0.05) is 31.9 Å². The first kappa shape index (κ1) is 23.3. The van der Waals surface area contributed by atoms with Crippen LogP contribution in [0.15, 0.2) is 48.5 Å². The number of amides is 2. The number of aryl methyl sites for hydroxylation is 1. The number of hydrogen-bond donors (Lipinski definition) is 2. The first-order chi connectivity index (χ1) is 14.3. The summed E-state index contributed by atoms with van der Waals surface area (Å²) in [6.45, 7) is 5.20. The lowest BCUT2D eigenvalue weighted by molar-refractivity contribution is -0.128. The third kappa shape index (κ3) is 8.55. The lowest BCUT2D eigenvalue weighted by Crippen LogP contribution is -2.22. The Morgan fingerprint density at radius 2 is 1.60 bits per heavy atom. The molecule has 0 aliphatic carbocycles. The first-order valence-electron chi connectivity index (χ1n) is 10.4. The number of ether oxygens (including phenoxy) is 1. The second-order valence-corrected chi connectivity index (χ2v) is 7.94. The topological polar surface area (TPSA) is 70.7 Å². The van der Waals surface area contributed by atoms with E-state index >= 15 is 0 Å². The lowest BCUT2D eigenvalue weighted by Gasteiger charge is -2.11. The van der Waals surface area contributed by atoms with Gasteiger partial charge in [0.05, 0.1) is 13.2 Å². The predicted octanol–water partition coefficient (Wildman–Crippen LogP) is 4.18. The van der Waals surface area contributed by atoms with Crippen molar-refractivity contribution in [1.82, 2.24) is 4.90 Å². The zero-order valence-corrected chi connectivity index (χ0v) is 18.4. The van der Waals surface area contributed by atoms with Gasteiger partial charge in [0.25, 0.3) is 0 Å². The molecule has 30 heavy (non-hydrogen) atoms. The van der Waals surface area contributed by atoms with Gasteiger partial charge in [-0.25, -0.2) is 0 Å². The number of anilines is 2. The Hall–Kier alpha value is -3.02. The van der Waals surface area contributed by atoms with Gasteiger partial charge in [0.15, 0.2) is 0 Å². The highest BCUT2D eigenvalue weighted by atomic mass is 16.5. The van der Waals surface area contributed by atoms with Crippen LogP contribution in [0.25, 0.3) is 0 Å². The van der Waals surface area contributed by atoms with Crippen LogP contribution in [0.1, 0.15) is 32.3 Å². The largest absolute Gasteiger partial charge is 0.494 e. The van der Waals surface area contributed by atoms with E-state index in [1.54, 1.807) is 19.0 Å². The second kappa shape index (κ2) is 11.9. The minimum absolute atomic E-state index is 0.115. The summed E-state index contributed by atoms with van der Waals surface area (Å²) in [6.07, 6.45) is 2.21. The molecule has 0 radical (unpaired) electrons. The van der Waals surface area contributed by atoms with Gasteiger partial charge in [-0.05, 0) is 60.7 Å². The molecule has 0 fully saturated rings. The smallest absolute Gasteiger partial charge is 0.243 e. The number of carbonyl (C=O) groups excluding carboxylic acids is 2. The summed E-state index contributed by atoms with van der Waals surface area (Å²) in [5.41, 5.74) is 2.69. The molecule has 2 rings (SSSR count). The molecule has 162 valence electrons. The Bertz CT molecular complexity index is 799. The van der Waals surface area contributed by atoms with Crippen molar-refractivity contribution < 1.29 is 14.3 Å². The average Bonchev–Trinajstić information content (AvgIpc) is 2.72. The summed E-state index contributed by atoms with van der Waals surface area (Å²) in [7, 11) is 3.52. The molecule has 2 aromatic rings. The van der Waals surface area contributed by atoms with E-state index in [0.29, 0.717) is 25.4 Å². The van der Waals surface area contributed by atoms with Gasteiger partial charge >= 0.3 is 0 Å². The van der Waals surface area contributed by atoms with Gasteiger partial charge in [0.2, 0.25) is 11.8 Å². The van der Waals surface area contributed by atoms with E-state index in [1.165, 1.54) is 0 Å². The molecule has 0 heterocycles. The van der Waals surface area contributed by atoms with Crippen molar-refractivity contribution in [2.45, 2.75) is 33.1 Å². The van der Waals surface area contributed by atoms with Gasteiger partial charge in [-0.15, -0.1) is 0 Å². The van der Waals surface area contributed by atoms with Crippen molar-refractivity contribution in [3.8, 4) is 5.75 Å². The maximum Gasteiger partial charge on any atom is 0.243 e. The van der Waals surface area contributed by atoms with Crippen LogP contribution in [-0.2, 0) is 16.0 Å². The molecule has 0 unspecified atom stereocenters. The molecule has 6 heteroatoms. The van der Waals surface area contributed by atoms with Crippen LogP contribution in [0.2, 0.25) is 0 Å². The number of carbonyl (C=O) groups is 2. The fourth-order valence-corrected chi connectivity index (χ4v) is 2.70. The van der Waals surface area contributed by atoms with Crippen LogP contribution in [-0.4, -0.2) is 44.0 Å². The number of nitrogens with one attached hydrogen (secondary N) is 2. The zero-order valence-electron chi connectivity index (χ0n) is 18.4. The Labute approximate surface area is 179 Å². The monoisotopic (exact) mass is 411 g/mol. The number of rotatable bonds is 11. The Morgan fingerprint density at radius 3 is 2.20 bits per heavy atom. The Balaban J connectivity index is 1.73. The van der Waals surface area contributed by atoms with Crippen LogP contribution in [0.4, 0.5) is 11.4 Å². The molecule has 2 N–H and O–H groups in total. The molecule has 2 aromatic carbocycles. The maximum atomic E-state index is 12.2. The highest BCUT2D eigenvalue weighted by Crippen LogP contribution is 2.17.